The van der Waals surface area contributed by atoms with Gasteiger partial charge in [0.15, 0.2) is 5.13 Å². The summed E-state index contributed by atoms with van der Waals surface area (Å²) in [5.41, 5.74) is 0. The highest BCUT2D eigenvalue weighted by Gasteiger charge is 2.32. The van der Waals surface area contributed by atoms with Crippen molar-refractivity contribution in [1.82, 2.24) is 9.29 Å². The second-order valence-corrected chi connectivity index (χ2v) is 9.75. The second kappa shape index (κ2) is 8.00. The maximum Gasteiger partial charge on any atom is 0.345 e. The lowest BCUT2D eigenvalue weighted by molar-refractivity contribution is -0.380. The lowest BCUT2D eigenvalue weighted by Gasteiger charge is -2.30. The molecule has 0 atom stereocenters. The van der Waals surface area contributed by atoms with E-state index >= 15 is 0 Å². The van der Waals surface area contributed by atoms with Gasteiger partial charge in [-0.1, -0.05) is 22.0 Å². The third-order valence-corrected chi connectivity index (χ3v) is 7.41. The molecule has 3 rings (SSSR count). The van der Waals surface area contributed by atoms with Crippen molar-refractivity contribution in [3.8, 4) is 0 Å². The maximum absolute atomic E-state index is 12.7. The van der Waals surface area contributed by atoms with Crippen molar-refractivity contribution in [1.29, 1.82) is 0 Å². The molecule has 0 radical (unpaired) electrons. The SMILES string of the molecule is O=C(Nc1ncc([N+](=O)[O-])s1)C1CCN(S(=O)(=O)c2cccc(Br)c2)CC1. The number of halogens is 1. The van der Waals surface area contributed by atoms with Crippen molar-refractivity contribution in [3.63, 3.8) is 0 Å². The molecule has 1 aliphatic rings. The number of hydrogen-bond acceptors (Lipinski definition) is 7. The Morgan fingerprint density at radius 3 is 2.67 bits per heavy atom. The standard InChI is InChI=1S/C15H15BrN4O5S2/c16-11-2-1-3-12(8-11)27(24,25)19-6-4-10(5-7-19)14(21)18-15-17-9-13(26-15)20(22)23/h1-3,8-10H,4-7H2,(H,17,18,21). The first-order chi connectivity index (χ1) is 12.8. The Kier molecular flexibility index (Phi) is 5.89. The Morgan fingerprint density at radius 1 is 1.37 bits per heavy atom. The third-order valence-electron chi connectivity index (χ3n) is 4.16. The van der Waals surface area contributed by atoms with Crippen LogP contribution in [-0.2, 0) is 14.8 Å². The van der Waals surface area contributed by atoms with E-state index in [1.54, 1.807) is 18.2 Å². The van der Waals surface area contributed by atoms with Crippen LogP contribution in [0.15, 0.2) is 39.8 Å². The number of anilines is 1. The summed E-state index contributed by atoms with van der Waals surface area (Å²) in [6.45, 7) is 0.454. The van der Waals surface area contributed by atoms with Gasteiger partial charge in [0.1, 0.15) is 6.20 Å². The van der Waals surface area contributed by atoms with E-state index in [1.807, 2.05) is 0 Å². The Hall–Kier alpha value is -1.89. The molecule has 0 unspecified atom stereocenters. The first kappa shape index (κ1) is 19.9. The summed E-state index contributed by atoms with van der Waals surface area (Å²) < 4.78 is 27.5. The monoisotopic (exact) mass is 474 g/mol. The number of nitrogens with one attached hydrogen (secondary N) is 1. The number of carbonyl (C=O) groups is 1. The van der Waals surface area contributed by atoms with Gasteiger partial charge in [0.05, 0.1) is 9.82 Å². The molecule has 1 aromatic heterocycles. The molecule has 1 aromatic carbocycles. The van der Waals surface area contributed by atoms with Gasteiger partial charge >= 0.3 is 5.00 Å². The minimum absolute atomic E-state index is 0.153. The fourth-order valence-corrected chi connectivity index (χ4v) is 5.45. The molecule has 1 fully saturated rings. The molecule has 1 N–H and O–H groups in total. The number of nitro groups is 1. The van der Waals surface area contributed by atoms with Crippen LogP contribution in [0.3, 0.4) is 0 Å². The average molecular weight is 475 g/mol. The molecule has 1 aliphatic heterocycles. The molecule has 12 heteroatoms. The lowest BCUT2D eigenvalue weighted by atomic mass is 9.97. The van der Waals surface area contributed by atoms with E-state index in [1.165, 1.54) is 10.4 Å². The van der Waals surface area contributed by atoms with Gasteiger partial charge in [0.2, 0.25) is 15.9 Å². The smallest absolute Gasteiger partial charge is 0.302 e. The number of carbonyl (C=O) groups excluding carboxylic acids is 1. The minimum Gasteiger partial charge on any atom is -0.302 e. The number of amides is 1. The molecule has 0 saturated carbocycles. The van der Waals surface area contributed by atoms with E-state index in [0.29, 0.717) is 17.3 Å². The zero-order valence-electron chi connectivity index (χ0n) is 13.9. The van der Waals surface area contributed by atoms with Crippen molar-refractivity contribution in [2.75, 3.05) is 18.4 Å². The number of thiazole rings is 1. The molecule has 2 heterocycles. The Bertz CT molecular complexity index is 970. The zero-order chi connectivity index (χ0) is 19.6. The fraction of sp³-hybridized carbons (Fsp3) is 0.333. The quantitative estimate of drug-likeness (QED) is 0.524. The van der Waals surface area contributed by atoms with Gasteiger partial charge in [0.25, 0.3) is 0 Å². The number of nitrogens with zero attached hydrogens (tertiary/aromatic N) is 3. The number of aromatic nitrogens is 1. The van der Waals surface area contributed by atoms with Crippen LogP contribution < -0.4 is 5.32 Å². The highest BCUT2D eigenvalue weighted by Crippen LogP contribution is 2.28. The van der Waals surface area contributed by atoms with E-state index in [4.69, 9.17) is 0 Å². The molecular weight excluding hydrogens is 460 g/mol. The van der Waals surface area contributed by atoms with Crippen molar-refractivity contribution >= 4 is 53.3 Å². The molecule has 1 saturated heterocycles. The van der Waals surface area contributed by atoms with Crippen LogP contribution >= 0.6 is 27.3 Å². The van der Waals surface area contributed by atoms with Gasteiger partial charge in [-0.2, -0.15) is 4.31 Å². The topological polar surface area (TPSA) is 123 Å². The molecule has 1 amide bonds. The zero-order valence-corrected chi connectivity index (χ0v) is 17.1. The molecule has 0 spiro atoms. The van der Waals surface area contributed by atoms with Crippen LogP contribution in [0, 0.1) is 16.0 Å². The van der Waals surface area contributed by atoms with Crippen LogP contribution in [-0.4, -0.2) is 41.6 Å². The molecular formula is C15H15BrN4O5S2. The summed E-state index contributed by atoms with van der Waals surface area (Å²) in [4.78, 5) is 26.4. The average Bonchev–Trinajstić information content (AvgIpc) is 3.10. The van der Waals surface area contributed by atoms with Crippen molar-refractivity contribution in [2.24, 2.45) is 5.92 Å². The van der Waals surface area contributed by atoms with Crippen LogP contribution in [0.1, 0.15) is 12.8 Å². The molecule has 0 aliphatic carbocycles. The lowest BCUT2D eigenvalue weighted by Crippen LogP contribution is -2.41. The largest absolute Gasteiger partial charge is 0.345 e. The predicted octanol–water partition coefficient (Wildman–Crippen LogP) is 2.85. The minimum atomic E-state index is -3.61. The summed E-state index contributed by atoms with van der Waals surface area (Å²) >= 11 is 4.05. The van der Waals surface area contributed by atoms with Crippen LogP contribution in [0.5, 0.6) is 0 Å². The molecule has 2 aromatic rings. The van der Waals surface area contributed by atoms with Crippen LogP contribution in [0.25, 0.3) is 0 Å². The van der Waals surface area contributed by atoms with E-state index in [-0.39, 0.29) is 39.9 Å². The van der Waals surface area contributed by atoms with Crippen molar-refractivity contribution in [2.45, 2.75) is 17.7 Å². The second-order valence-electron chi connectivity index (χ2n) is 5.89. The van der Waals surface area contributed by atoms with Gasteiger partial charge in [-0.3, -0.25) is 14.9 Å². The Morgan fingerprint density at radius 2 is 2.07 bits per heavy atom. The third kappa shape index (κ3) is 4.51. The first-order valence-corrected chi connectivity index (χ1v) is 11.0. The van der Waals surface area contributed by atoms with Crippen LogP contribution in [0.2, 0.25) is 0 Å². The molecule has 27 heavy (non-hydrogen) atoms. The molecule has 0 bridgehead atoms. The van der Waals surface area contributed by atoms with E-state index in [0.717, 1.165) is 17.5 Å². The number of benzene rings is 1. The molecule has 9 nitrogen and oxygen atoms in total. The van der Waals surface area contributed by atoms with E-state index in [9.17, 15) is 23.3 Å². The maximum atomic E-state index is 12.7. The Labute approximate surface area is 167 Å². The van der Waals surface area contributed by atoms with E-state index < -0.39 is 14.9 Å². The fourth-order valence-electron chi connectivity index (χ4n) is 2.75. The highest BCUT2D eigenvalue weighted by atomic mass is 79.9. The molecule has 144 valence electrons. The predicted molar refractivity (Wildman–Crippen MR) is 103 cm³/mol. The summed E-state index contributed by atoms with van der Waals surface area (Å²) in [7, 11) is -3.61. The van der Waals surface area contributed by atoms with Gasteiger partial charge in [0, 0.05) is 23.5 Å². The van der Waals surface area contributed by atoms with Crippen molar-refractivity contribution < 1.29 is 18.1 Å². The van der Waals surface area contributed by atoms with Crippen LogP contribution in [0.4, 0.5) is 10.1 Å². The summed E-state index contributed by atoms with van der Waals surface area (Å²) in [5, 5.41) is 13.2. The van der Waals surface area contributed by atoms with Gasteiger partial charge in [-0.05, 0) is 42.4 Å². The highest BCUT2D eigenvalue weighted by molar-refractivity contribution is 9.10. The van der Waals surface area contributed by atoms with Crippen molar-refractivity contribution in [3.05, 3.63) is 45.0 Å². The number of hydrogen-bond donors (Lipinski definition) is 1. The first-order valence-electron chi connectivity index (χ1n) is 7.94. The number of rotatable bonds is 5. The van der Waals surface area contributed by atoms with Gasteiger partial charge < -0.3 is 5.32 Å². The van der Waals surface area contributed by atoms with E-state index in [2.05, 4.69) is 26.2 Å². The van der Waals surface area contributed by atoms with Gasteiger partial charge in [-0.15, -0.1) is 0 Å². The summed E-state index contributed by atoms with van der Waals surface area (Å²) in [6, 6.07) is 6.49. The Balaban J connectivity index is 1.61. The van der Waals surface area contributed by atoms with Gasteiger partial charge in [-0.25, -0.2) is 13.4 Å². The summed E-state index contributed by atoms with van der Waals surface area (Å²) in [6.07, 6.45) is 1.83. The number of sulfonamides is 1. The number of piperidine rings is 1. The normalized spacial score (nSPS) is 16.2. The summed E-state index contributed by atoms with van der Waals surface area (Å²) in [5.74, 6) is -0.680.